The molecular weight excluding hydrogens is 324 g/mol. The number of nitrogens with zero attached hydrogens (tertiary/aromatic N) is 4. The fourth-order valence-electron chi connectivity index (χ4n) is 3.04. The van der Waals surface area contributed by atoms with Gasteiger partial charge in [0.25, 0.3) is 0 Å². The monoisotopic (exact) mass is 342 g/mol. The first-order valence-electron chi connectivity index (χ1n) is 7.14. The first-order valence-corrected chi connectivity index (χ1v) is 8.52. The van der Waals surface area contributed by atoms with E-state index < -0.39 is 39.9 Å². The molecule has 2 rings (SSSR count). The molecule has 0 spiro atoms. The number of fused-ring (bicyclic) bond motifs is 1. The third-order valence-electron chi connectivity index (χ3n) is 4.19. The van der Waals surface area contributed by atoms with Crippen LogP contribution >= 0.6 is 0 Å². The van der Waals surface area contributed by atoms with E-state index in [0.717, 1.165) is 0 Å². The molecule has 0 aromatic heterocycles. The van der Waals surface area contributed by atoms with Gasteiger partial charge in [-0.05, 0) is 24.4 Å². The summed E-state index contributed by atoms with van der Waals surface area (Å²) < 4.78 is 12.3. The number of aliphatic hydroxyl groups is 1. The fraction of sp³-hybridized carbons (Fsp3) is 0.692. The van der Waals surface area contributed by atoms with E-state index >= 15 is 0 Å². The molecule has 1 fully saturated rings. The Bertz CT molecular complexity index is 640. The van der Waals surface area contributed by atoms with Gasteiger partial charge in [0.15, 0.2) is 0 Å². The molecule has 0 aromatic carbocycles. The van der Waals surface area contributed by atoms with Gasteiger partial charge >= 0.3 is 5.97 Å². The Morgan fingerprint density at radius 1 is 1.57 bits per heavy atom. The summed E-state index contributed by atoms with van der Waals surface area (Å²) in [5.41, 5.74) is 8.60. The van der Waals surface area contributed by atoms with Gasteiger partial charge in [-0.3, -0.25) is 9.00 Å². The van der Waals surface area contributed by atoms with E-state index in [0.29, 0.717) is 12.0 Å². The Morgan fingerprint density at radius 3 is 2.74 bits per heavy atom. The summed E-state index contributed by atoms with van der Waals surface area (Å²) in [5, 5.41) is 22.0. The number of β-lactam (4-membered cyclic amide) rings is 1. The fourth-order valence-corrected chi connectivity index (χ4v) is 4.15. The van der Waals surface area contributed by atoms with Crippen molar-refractivity contribution in [2.45, 2.75) is 37.7 Å². The number of carboxylic acids is 1. The van der Waals surface area contributed by atoms with Crippen LogP contribution in [0.4, 0.5) is 0 Å². The van der Waals surface area contributed by atoms with Crippen molar-refractivity contribution in [2.75, 3.05) is 12.3 Å². The van der Waals surface area contributed by atoms with E-state index in [1.165, 1.54) is 11.8 Å². The molecule has 126 valence electrons. The summed E-state index contributed by atoms with van der Waals surface area (Å²) in [6.45, 7) is 3.21. The van der Waals surface area contributed by atoms with Crippen LogP contribution in [0.5, 0.6) is 0 Å². The van der Waals surface area contributed by atoms with E-state index in [1.54, 1.807) is 6.92 Å². The minimum absolute atomic E-state index is 0.0105. The van der Waals surface area contributed by atoms with Crippen molar-refractivity contribution in [3.05, 3.63) is 21.7 Å². The van der Waals surface area contributed by atoms with Crippen LogP contribution in [0.2, 0.25) is 0 Å². The molecule has 2 aliphatic rings. The van der Waals surface area contributed by atoms with Gasteiger partial charge < -0.3 is 15.1 Å². The summed E-state index contributed by atoms with van der Waals surface area (Å²) in [6.07, 6.45) is -0.560. The average Bonchev–Trinajstić information content (AvgIpc) is 2.78. The van der Waals surface area contributed by atoms with Crippen LogP contribution in [-0.4, -0.2) is 60.9 Å². The first-order chi connectivity index (χ1) is 10.8. The van der Waals surface area contributed by atoms with Crippen LogP contribution in [0.1, 0.15) is 20.3 Å². The number of aliphatic carboxylic acids is 1. The Kier molecular flexibility index (Phi) is 5.08. The molecule has 5 atom stereocenters. The molecule has 2 heterocycles. The molecule has 2 aliphatic heterocycles. The largest absolute Gasteiger partial charge is 0.477 e. The third-order valence-corrected chi connectivity index (χ3v) is 5.87. The highest BCUT2D eigenvalue weighted by atomic mass is 32.2. The molecule has 10 heteroatoms. The minimum Gasteiger partial charge on any atom is -0.477 e. The van der Waals surface area contributed by atoms with Crippen LogP contribution in [0.15, 0.2) is 16.4 Å². The molecular formula is C13H18N4O5S. The molecule has 1 saturated heterocycles. The Balaban J connectivity index is 2.18. The topological polar surface area (TPSA) is 144 Å². The maximum atomic E-state index is 12.3. The number of carbonyl (C=O) groups excluding carboxylic acids is 1. The molecule has 9 nitrogen and oxygen atoms in total. The Morgan fingerprint density at radius 2 is 2.22 bits per heavy atom. The highest BCUT2D eigenvalue weighted by molar-refractivity contribution is 7.85. The second-order valence-electron chi connectivity index (χ2n) is 5.75. The van der Waals surface area contributed by atoms with Gasteiger partial charge in [-0.2, -0.15) is 0 Å². The van der Waals surface area contributed by atoms with Gasteiger partial charge in [0, 0.05) is 33.3 Å². The SMILES string of the molecule is CC(O)C1C(=O)N2C(C(=O)O)=C(CS(=O)C(C)CN=[N+]=[N-])CC12. The Labute approximate surface area is 135 Å². The number of hydrogen-bond donors (Lipinski definition) is 2. The quantitative estimate of drug-likeness (QED) is 0.297. The molecule has 0 bridgehead atoms. The van der Waals surface area contributed by atoms with E-state index in [1.807, 2.05) is 0 Å². The van der Waals surface area contributed by atoms with E-state index in [4.69, 9.17) is 5.53 Å². The van der Waals surface area contributed by atoms with Crippen LogP contribution in [-0.2, 0) is 20.4 Å². The zero-order valence-electron chi connectivity index (χ0n) is 12.7. The number of amides is 1. The lowest BCUT2D eigenvalue weighted by atomic mass is 9.83. The first kappa shape index (κ1) is 17.5. The lowest BCUT2D eigenvalue weighted by Gasteiger charge is -2.44. The van der Waals surface area contributed by atoms with Crippen molar-refractivity contribution in [2.24, 2.45) is 11.0 Å². The van der Waals surface area contributed by atoms with Gasteiger partial charge in [-0.15, -0.1) is 0 Å². The molecule has 2 N–H and O–H groups in total. The highest BCUT2D eigenvalue weighted by Gasteiger charge is 2.56. The predicted octanol–water partition coefficient (Wildman–Crippen LogP) is 0.384. The second kappa shape index (κ2) is 6.69. The van der Waals surface area contributed by atoms with Crippen LogP contribution < -0.4 is 0 Å². The van der Waals surface area contributed by atoms with Crippen molar-refractivity contribution in [3.8, 4) is 0 Å². The normalized spacial score (nSPS) is 26.9. The van der Waals surface area contributed by atoms with E-state index in [-0.39, 0.29) is 24.0 Å². The molecule has 5 unspecified atom stereocenters. The maximum Gasteiger partial charge on any atom is 0.352 e. The minimum atomic E-state index is -1.42. The smallest absolute Gasteiger partial charge is 0.352 e. The zero-order valence-corrected chi connectivity index (χ0v) is 13.6. The summed E-state index contributed by atoms with van der Waals surface area (Å²) in [7, 11) is -1.42. The maximum absolute atomic E-state index is 12.3. The summed E-state index contributed by atoms with van der Waals surface area (Å²) in [4.78, 5) is 27.3. The molecule has 0 aromatic rings. The van der Waals surface area contributed by atoms with Crippen LogP contribution in [0.25, 0.3) is 10.4 Å². The average molecular weight is 342 g/mol. The second-order valence-corrected chi connectivity index (χ2v) is 7.61. The number of carbonyl (C=O) groups is 2. The van der Waals surface area contributed by atoms with Gasteiger partial charge in [-0.1, -0.05) is 12.0 Å². The molecule has 1 amide bonds. The van der Waals surface area contributed by atoms with Gasteiger partial charge in [0.2, 0.25) is 5.91 Å². The zero-order chi connectivity index (χ0) is 17.3. The number of rotatable bonds is 7. The number of aliphatic hydroxyl groups excluding tert-OH is 1. The lowest BCUT2D eigenvalue weighted by Crippen LogP contribution is -2.61. The summed E-state index contributed by atoms with van der Waals surface area (Å²) >= 11 is 0. The van der Waals surface area contributed by atoms with Gasteiger partial charge in [-0.25, -0.2) is 4.79 Å². The highest BCUT2D eigenvalue weighted by Crippen LogP contribution is 2.43. The van der Waals surface area contributed by atoms with Crippen molar-refractivity contribution in [1.82, 2.24) is 4.90 Å². The van der Waals surface area contributed by atoms with Crippen molar-refractivity contribution >= 4 is 22.7 Å². The van der Waals surface area contributed by atoms with Crippen molar-refractivity contribution < 1.29 is 24.0 Å². The standard InChI is InChI=1S/C13H18N4O5S/c1-6(4-15-16-14)23(22)5-8-3-9-10(7(2)18)12(19)17(9)11(8)13(20)21/h6-7,9-10,18H,3-5H2,1-2H3,(H,20,21). The van der Waals surface area contributed by atoms with E-state index in [2.05, 4.69) is 10.0 Å². The molecule has 0 aliphatic carbocycles. The van der Waals surface area contributed by atoms with Crippen LogP contribution in [0.3, 0.4) is 0 Å². The van der Waals surface area contributed by atoms with Crippen molar-refractivity contribution in [1.29, 1.82) is 0 Å². The third kappa shape index (κ3) is 3.10. The van der Waals surface area contributed by atoms with E-state index in [9.17, 15) is 24.0 Å². The Hall–Kier alpha value is -1.90. The van der Waals surface area contributed by atoms with Crippen LogP contribution in [0, 0.1) is 5.92 Å². The molecule has 0 saturated carbocycles. The summed E-state index contributed by atoms with van der Waals surface area (Å²) in [6, 6.07) is -0.381. The predicted molar refractivity (Wildman–Crippen MR) is 81.6 cm³/mol. The number of azide groups is 1. The number of carboxylic acid groups (broad SMARTS) is 1. The van der Waals surface area contributed by atoms with Crippen molar-refractivity contribution in [3.63, 3.8) is 0 Å². The molecule has 23 heavy (non-hydrogen) atoms. The van der Waals surface area contributed by atoms with Gasteiger partial charge in [0.05, 0.1) is 18.1 Å². The van der Waals surface area contributed by atoms with Gasteiger partial charge in [0.1, 0.15) is 5.70 Å². The number of hydrogen-bond acceptors (Lipinski definition) is 5. The summed E-state index contributed by atoms with van der Waals surface area (Å²) in [5.74, 6) is -2.25. The molecule has 0 radical (unpaired) electrons. The lowest BCUT2D eigenvalue weighted by molar-refractivity contribution is -0.161.